The van der Waals surface area contributed by atoms with Crippen molar-refractivity contribution in [2.75, 3.05) is 6.61 Å². The number of halogens is 1. The van der Waals surface area contributed by atoms with E-state index in [-0.39, 0.29) is 11.4 Å². The fourth-order valence-electron chi connectivity index (χ4n) is 0.956. The number of rotatable bonds is 4. The highest BCUT2D eigenvalue weighted by Crippen LogP contribution is 2.26. The lowest BCUT2D eigenvalue weighted by Gasteiger charge is -2.03. The maximum Gasteiger partial charge on any atom is 0.314 e. The molecule has 0 radical (unpaired) electrons. The number of ether oxygens (including phenoxy) is 1. The second kappa shape index (κ2) is 4.90. The monoisotopic (exact) mass is 260 g/mol. The van der Waals surface area contributed by atoms with Gasteiger partial charge in [0.05, 0.1) is 23.4 Å². The molecular formula is C8H9BrN2O3. The fraction of sp³-hybridized carbons (Fsp3) is 0.375. The number of pyridine rings is 1. The molecule has 0 spiro atoms. The molecule has 0 saturated carbocycles. The van der Waals surface area contributed by atoms with Gasteiger partial charge < -0.3 is 4.74 Å². The molecule has 0 bridgehead atoms. The Morgan fingerprint density at radius 1 is 1.71 bits per heavy atom. The number of hydrogen-bond donors (Lipinski definition) is 0. The van der Waals surface area contributed by atoms with Crippen LogP contribution in [0.3, 0.4) is 0 Å². The topological polar surface area (TPSA) is 65.3 Å². The predicted octanol–water partition coefficient (Wildman–Crippen LogP) is 2.28. The molecule has 0 atom stereocenters. The van der Waals surface area contributed by atoms with Crippen LogP contribution in [0.1, 0.15) is 12.6 Å². The van der Waals surface area contributed by atoms with Crippen molar-refractivity contribution in [3.8, 4) is 5.75 Å². The van der Waals surface area contributed by atoms with Crippen LogP contribution in [0.4, 0.5) is 5.69 Å². The molecule has 1 aromatic rings. The minimum Gasteiger partial charge on any atom is -0.486 e. The summed E-state index contributed by atoms with van der Waals surface area (Å²) in [4.78, 5) is 14.2. The third-order valence-electron chi connectivity index (χ3n) is 1.54. The van der Waals surface area contributed by atoms with E-state index in [0.717, 1.165) is 0 Å². The summed E-state index contributed by atoms with van der Waals surface area (Å²) in [5.41, 5.74) is 0.566. The van der Waals surface area contributed by atoms with Gasteiger partial charge in [0, 0.05) is 11.4 Å². The lowest BCUT2D eigenvalue weighted by atomic mass is 10.3. The van der Waals surface area contributed by atoms with Crippen molar-refractivity contribution in [2.24, 2.45) is 0 Å². The van der Waals surface area contributed by atoms with E-state index < -0.39 is 4.92 Å². The average molecular weight is 261 g/mol. The molecule has 0 aliphatic carbocycles. The molecule has 0 aliphatic heterocycles. The van der Waals surface area contributed by atoms with Crippen molar-refractivity contribution in [3.05, 3.63) is 28.1 Å². The van der Waals surface area contributed by atoms with E-state index in [4.69, 9.17) is 4.74 Å². The van der Waals surface area contributed by atoms with Crippen LogP contribution in [-0.2, 0) is 5.33 Å². The van der Waals surface area contributed by atoms with Crippen molar-refractivity contribution in [1.82, 2.24) is 4.98 Å². The zero-order valence-electron chi connectivity index (χ0n) is 7.57. The Morgan fingerprint density at radius 3 is 2.93 bits per heavy atom. The number of aromatic nitrogens is 1. The normalized spacial score (nSPS) is 9.86. The summed E-state index contributed by atoms with van der Waals surface area (Å²) in [5.74, 6) is 0.210. The molecule has 0 aliphatic rings. The molecule has 1 heterocycles. The van der Waals surface area contributed by atoms with Crippen molar-refractivity contribution < 1.29 is 9.66 Å². The van der Waals surface area contributed by atoms with Gasteiger partial charge in [0.15, 0.2) is 0 Å². The lowest BCUT2D eigenvalue weighted by Crippen LogP contribution is -1.99. The predicted molar refractivity (Wildman–Crippen MR) is 54.7 cm³/mol. The summed E-state index contributed by atoms with van der Waals surface area (Å²) in [6.45, 7) is 2.15. The third-order valence-corrected chi connectivity index (χ3v) is 2.11. The fourth-order valence-corrected chi connectivity index (χ4v) is 1.26. The van der Waals surface area contributed by atoms with Crippen LogP contribution in [0.5, 0.6) is 5.75 Å². The van der Waals surface area contributed by atoms with E-state index in [0.29, 0.717) is 17.6 Å². The molecule has 0 amide bonds. The van der Waals surface area contributed by atoms with E-state index >= 15 is 0 Å². The zero-order chi connectivity index (χ0) is 10.6. The van der Waals surface area contributed by atoms with Crippen LogP contribution in [0.25, 0.3) is 0 Å². The van der Waals surface area contributed by atoms with Crippen LogP contribution in [-0.4, -0.2) is 16.5 Å². The Balaban J connectivity index is 3.10. The molecule has 14 heavy (non-hydrogen) atoms. The van der Waals surface area contributed by atoms with Gasteiger partial charge in [0.25, 0.3) is 0 Å². The van der Waals surface area contributed by atoms with Gasteiger partial charge in [-0.05, 0) is 6.92 Å². The van der Waals surface area contributed by atoms with E-state index in [1.54, 1.807) is 6.92 Å². The number of hydrogen-bond acceptors (Lipinski definition) is 4. The lowest BCUT2D eigenvalue weighted by molar-refractivity contribution is -0.386. The third kappa shape index (κ3) is 2.41. The molecule has 76 valence electrons. The molecule has 0 aromatic carbocycles. The van der Waals surface area contributed by atoms with Crippen LogP contribution < -0.4 is 4.74 Å². The van der Waals surface area contributed by atoms with E-state index in [9.17, 15) is 10.1 Å². The molecule has 5 nitrogen and oxygen atoms in total. The van der Waals surface area contributed by atoms with Crippen LogP contribution in [0.2, 0.25) is 0 Å². The Labute approximate surface area is 89.4 Å². The first-order valence-corrected chi connectivity index (χ1v) is 5.13. The molecule has 1 rings (SSSR count). The molecular weight excluding hydrogens is 252 g/mol. The van der Waals surface area contributed by atoms with Gasteiger partial charge in [-0.25, -0.2) is 0 Å². The van der Waals surface area contributed by atoms with Crippen molar-refractivity contribution in [1.29, 1.82) is 0 Å². The number of nitrogens with zero attached hydrogens (tertiary/aromatic N) is 2. The van der Waals surface area contributed by atoms with Crippen LogP contribution in [0, 0.1) is 10.1 Å². The number of alkyl halides is 1. The first kappa shape index (κ1) is 10.9. The first-order valence-electron chi connectivity index (χ1n) is 4.01. The minimum absolute atomic E-state index is 0.0451. The Kier molecular flexibility index (Phi) is 3.82. The number of nitro groups is 1. The van der Waals surface area contributed by atoms with Gasteiger partial charge in [-0.3, -0.25) is 15.1 Å². The van der Waals surface area contributed by atoms with Crippen molar-refractivity contribution in [3.63, 3.8) is 0 Å². The first-order chi connectivity index (χ1) is 6.69. The highest BCUT2D eigenvalue weighted by molar-refractivity contribution is 9.08. The average Bonchev–Trinajstić information content (AvgIpc) is 2.18. The maximum atomic E-state index is 10.6. The minimum atomic E-state index is -0.473. The van der Waals surface area contributed by atoms with Gasteiger partial charge in [0.1, 0.15) is 0 Å². The van der Waals surface area contributed by atoms with Crippen molar-refractivity contribution in [2.45, 2.75) is 12.3 Å². The second-order valence-corrected chi connectivity index (χ2v) is 3.03. The van der Waals surface area contributed by atoms with Gasteiger partial charge in [0.2, 0.25) is 5.75 Å². The summed E-state index contributed by atoms with van der Waals surface area (Å²) in [5, 5.41) is 11.1. The van der Waals surface area contributed by atoms with Crippen molar-refractivity contribution >= 4 is 21.6 Å². The van der Waals surface area contributed by atoms with E-state index in [1.165, 1.54) is 12.3 Å². The summed E-state index contributed by atoms with van der Waals surface area (Å²) in [6.07, 6.45) is 1.37. The van der Waals surface area contributed by atoms with Gasteiger partial charge >= 0.3 is 5.69 Å². The Bertz CT molecular complexity index is 343. The molecule has 0 fully saturated rings. The van der Waals surface area contributed by atoms with Gasteiger partial charge in [-0.15, -0.1) is 0 Å². The summed E-state index contributed by atoms with van der Waals surface area (Å²) >= 11 is 3.18. The maximum absolute atomic E-state index is 10.6. The smallest absolute Gasteiger partial charge is 0.314 e. The Morgan fingerprint density at radius 2 is 2.43 bits per heavy atom. The van der Waals surface area contributed by atoms with Crippen LogP contribution in [0.15, 0.2) is 12.3 Å². The van der Waals surface area contributed by atoms with E-state index in [2.05, 4.69) is 20.9 Å². The summed E-state index contributed by atoms with van der Waals surface area (Å²) < 4.78 is 5.08. The quantitative estimate of drug-likeness (QED) is 0.473. The molecule has 6 heteroatoms. The van der Waals surface area contributed by atoms with Crippen LogP contribution >= 0.6 is 15.9 Å². The highest BCUT2D eigenvalue weighted by atomic mass is 79.9. The Hall–Kier alpha value is -1.17. The zero-order valence-corrected chi connectivity index (χ0v) is 9.15. The molecule has 1 aromatic heterocycles. The summed E-state index contributed by atoms with van der Waals surface area (Å²) in [7, 11) is 0. The molecule has 0 saturated heterocycles. The highest BCUT2D eigenvalue weighted by Gasteiger charge is 2.16. The molecule has 0 N–H and O–H groups in total. The SMILES string of the molecule is CCOc1cnc(CBr)cc1[N+](=O)[O-]. The summed E-state index contributed by atoms with van der Waals surface area (Å²) in [6, 6.07) is 1.40. The van der Waals surface area contributed by atoms with E-state index in [1.807, 2.05) is 0 Å². The second-order valence-electron chi connectivity index (χ2n) is 2.47. The standard InChI is InChI=1S/C8H9BrN2O3/c1-2-14-8-5-10-6(4-9)3-7(8)11(12)13/h3,5H,2,4H2,1H3. The van der Waals surface area contributed by atoms with Gasteiger partial charge in [-0.2, -0.15) is 0 Å². The largest absolute Gasteiger partial charge is 0.486 e. The molecule has 0 unspecified atom stereocenters. The van der Waals surface area contributed by atoms with Gasteiger partial charge in [-0.1, -0.05) is 15.9 Å².